The number of hydrogen-bond acceptors (Lipinski definition) is 3. The summed E-state index contributed by atoms with van der Waals surface area (Å²) in [6.45, 7) is 1.95. The SMILES string of the molecule is Cc1ccc(S(=O)(=O)OC2CCCCCCCCCC2)cc1. The van der Waals surface area contributed by atoms with E-state index in [1.54, 1.807) is 12.1 Å². The second-order valence-corrected chi connectivity index (χ2v) is 7.96. The highest BCUT2D eigenvalue weighted by atomic mass is 32.2. The minimum atomic E-state index is -3.63. The molecule has 0 aromatic heterocycles. The second-order valence-electron chi connectivity index (χ2n) is 6.39. The van der Waals surface area contributed by atoms with Crippen LogP contribution in [0.15, 0.2) is 29.2 Å². The first kappa shape index (κ1) is 17.5. The minimum absolute atomic E-state index is 0.163. The van der Waals surface area contributed by atoms with Crippen LogP contribution in [0, 0.1) is 6.92 Å². The van der Waals surface area contributed by atoms with Crippen LogP contribution in [0.25, 0.3) is 0 Å². The molecule has 1 aromatic rings. The first-order valence-corrected chi connectivity index (χ1v) is 9.99. The van der Waals surface area contributed by atoms with Crippen LogP contribution in [0.2, 0.25) is 0 Å². The fourth-order valence-electron chi connectivity index (χ4n) is 2.98. The zero-order chi connectivity index (χ0) is 15.8. The predicted octanol–water partition coefficient (Wildman–Crippen LogP) is 4.98. The van der Waals surface area contributed by atoms with Crippen molar-refractivity contribution in [2.24, 2.45) is 0 Å². The topological polar surface area (TPSA) is 43.4 Å². The van der Waals surface area contributed by atoms with E-state index < -0.39 is 10.1 Å². The highest BCUT2D eigenvalue weighted by Crippen LogP contribution is 2.23. The van der Waals surface area contributed by atoms with Crippen LogP contribution in [0.3, 0.4) is 0 Å². The van der Waals surface area contributed by atoms with Crippen LogP contribution < -0.4 is 0 Å². The Labute approximate surface area is 135 Å². The number of hydrogen-bond donors (Lipinski definition) is 0. The number of aryl methyl sites for hydroxylation is 1. The van der Waals surface area contributed by atoms with Gasteiger partial charge in [0.2, 0.25) is 0 Å². The van der Waals surface area contributed by atoms with E-state index in [2.05, 4.69) is 0 Å². The van der Waals surface area contributed by atoms with E-state index in [9.17, 15) is 8.42 Å². The summed E-state index contributed by atoms with van der Waals surface area (Å²) in [4.78, 5) is 0.271. The Morgan fingerprint density at radius 3 is 1.77 bits per heavy atom. The lowest BCUT2D eigenvalue weighted by Gasteiger charge is -2.17. The predicted molar refractivity (Wildman–Crippen MR) is 89.4 cm³/mol. The molecule has 0 heterocycles. The Balaban J connectivity index is 1.99. The van der Waals surface area contributed by atoms with E-state index in [4.69, 9.17) is 4.18 Å². The van der Waals surface area contributed by atoms with E-state index in [1.165, 1.54) is 38.5 Å². The number of benzene rings is 1. The first-order valence-electron chi connectivity index (χ1n) is 8.58. The smallest absolute Gasteiger partial charge is 0.263 e. The standard InChI is InChI=1S/C18H28O3S/c1-16-12-14-18(15-13-16)22(19,20)21-17-10-8-6-4-2-3-5-7-9-11-17/h12-15,17H,2-11H2,1H3. The van der Waals surface area contributed by atoms with Gasteiger partial charge in [-0.3, -0.25) is 4.18 Å². The number of rotatable bonds is 3. The van der Waals surface area contributed by atoms with Crippen LogP contribution in [0.5, 0.6) is 0 Å². The van der Waals surface area contributed by atoms with Gasteiger partial charge in [-0.05, 0) is 31.9 Å². The molecule has 3 nitrogen and oxygen atoms in total. The van der Waals surface area contributed by atoms with Gasteiger partial charge in [0.1, 0.15) is 0 Å². The molecule has 0 saturated heterocycles. The summed E-state index contributed by atoms with van der Waals surface area (Å²) in [7, 11) is -3.63. The van der Waals surface area contributed by atoms with Gasteiger partial charge in [-0.25, -0.2) is 0 Å². The maximum absolute atomic E-state index is 12.4. The third kappa shape index (κ3) is 5.73. The lowest BCUT2D eigenvalue weighted by Crippen LogP contribution is -2.19. The molecule has 2 rings (SSSR count). The molecule has 1 aromatic carbocycles. The molecule has 22 heavy (non-hydrogen) atoms. The van der Waals surface area contributed by atoms with Gasteiger partial charge in [-0.1, -0.05) is 69.1 Å². The molecule has 0 N–H and O–H groups in total. The molecule has 1 aliphatic rings. The molecule has 4 heteroatoms. The largest absolute Gasteiger partial charge is 0.297 e. The lowest BCUT2D eigenvalue weighted by atomic mass is 10.1. The zero-order valence-corrected chi connectivity index (χ0v) is 14.4. The van der Waals surface area contributed by atoms with Crippen molar-refractivity contribution in [3.8, 4) is 0 Å². The Hall–Kier alpha value is -0.870. The highest BCUT2D eigenvalue weighted by molar-refractivity contribution is 7.86. The maximum Gasteiger partial charge on any atom is 0.297 e. The lowest BCUT2D eigenvalue weighted by molar-refractivity contribution is 0.181. The molecular weight excluding hydrogens is 296 g/mol. The minimum Gasteiger partial charge on any atom is -0.263 e. The van der Waals surface area contributed by atoms with Crippen molar-refractivity contribution in [1.82, 2.24) is 0 Å². The summed E-state index contributed by atoms with van der Waals surface area (Å²) in [5, 5.41) is 0. The van der Waals surface area contributed by atoms with Crippen LogP contribution in [0.4, 0.5) is 0 Å². The Bertz CT molecular complexity index is 522. The molecule has 0 aliphatic heterocycles. The second kappa shape index (κ2) is 8.68. The molecule has 1 aliphatic carbocycles. The van der Waals surface area contributed by atoms with Crippen molar-refractivity contribution in [2.45, 2.75) is 82.1 Å². The molecule has 1 saturated carbocycles. The van der Waals surface area contributed by atoms with E-state index in [-0.39, 0.29) is 11.0 Å². The van der Waals surface area contributed by atoms with Crippen molar-refractivity contribution < 1.29 is 12.6 Å². The van der Waals surface area contributed by atoms with Crippen molar-refractivity contribution in [3.05, 3.63) is 29.8 Å². The molecule has 1 fully saturated rings. The van der Waals surface area contributed by atoms with Crippen LogP contribution in [-0.2, 0) is 14.3 Å². The molecular formula is C18H28O3S. The summed E-state index contributed by atoms with van der Waals surface area (Å²) in [5.41, 5.74) is 1.05. The Kier molecular flexibility index (Phi) is 6.90. The van der Waals surface area contributed by atoms with Gasteiger partial charge in [-0.15, -0.1) is 0 Å². The average Bonchev–Trinajstić information content (AvgIpc) is 2.54. The molecule has 0 amide bonds. The van der Waals surface area contributed by atoms with Gasteiger partial charge >= 0.3 is 0 Å². The van der Waals surface area contributed by atoms with Crippen molar-refractivity contribution in [3.63, 3.8) is 0 Å². The highest BCUT2D eigenvalue weighted by Gasteiger charge is 2.21. The molecule has 0 radical (unpaired) electrons. The summed E-state index contributed by atoms with van der Waals surface area (Å²) in [6.07, 6.45) is 11.2. The quantitative estimate of drug-likeness (QED) is 0.736. The van der Waals surface area contributed by atoms with Gasteiger partial charge in [0.05, 0.1) is 11.0 Å². The third-order valence-electron chi connectivity index (χ3n) is 4.37. The van der Waals surface area contributed by atoms with E-state index in [0.717, 1.165) is 31.2 Å². The summed E-state index contributed by atoms with van der Waals surface area (Å²) < 4.78 is 30.4. The van der Waals surface area contributed by atoms with Crippen molar-refractivity contribution in [1.29, 1.82) is 0 Å². The molecule has 0 spiro atoms. The zero-order valence-electron chi connectivity index (χ0n) is 13.6. The van der Waals surface area contributed by atoms with E-state index in [1.807, 2.05) is 19.1 Å². The monoisotopic (exact) mass is 324 g/mol. The Morgan fingerprint density at radius 2 is 1.27 bits per heavy atom. The van der Waals surface area contributed by atoms with Crippen molar-refractivity contribution >= 4 is 10.1 Å². The molecule has 0 bridgehead atoms. The van der Waals surface area contributed by atoms with Crippen LogP contribution in [0.1, 0.15) is 69.8 Å². The van der Waals surface area contributed by atoms with Gasteiger partial charge in [0.25, 0.3) is 10.1 Å². The first-order chi connectivity index (χ1) is 10.6. The van der Waals surface area contributed by atoms with Crippen LogP contribution >= 0.6 is 0 Å². The van der Waals surface area contributed by atoms with Gasteiger partial charge < -0.3 is 0 Å². The molecule has 124 valence electrons. The van der Waals surface area contributed by atoms with E-state index in [0.29, 0.717) is 0 Å². The van der Waals surface area contributed by atoms with Crippen LogP contribution in [-0.4, -0.2) is 14.5 Å². The summed E-state index contributed by atoms with van der Waals surface area (Å²) >= 11 is 0. The molecule has 0 unspecified atom stereocenters. The maximum atomic E-state index is 12.4. The van der Waals surface area contributed by atoms with Gasteiger partial charge in [0.15, 0.2) is 0 Å². The summed E-state index contributed by atoms with van der Waals surface area (Å²) in [5.74, 6) is 0. The van der Waals surface area contributed by atoms with E-state index >= 15 is 0 Å². The third-order valence-corrected chi connectivity index (χ3v) is 5.75. The Morgan fingerprint density at radius 1 is 0.818 bits per heavy atom. The average molecular weight is 324 g/mol. The molecule has 0 atom stereocenters. The van der Waals surface area contributed by atoms with Crippen molar-refractivity contribution in [2.75, 3.05) is 0 Å². The summed E-state index contributed by atoms with van der Waals surface area (Å²) in [6, 6.07) is 6.90. The van der Waals surface area contributed by atoms with Gasteiger partial charge in [0, 0.05) is 0 Å². The fourth-order valence-corrected chi connectivity index (χ4v) is 4.12. The fraction of sp³-hybridized carbons (Fsp3) is 0.667. The van der Waals surface area contributed by atoms with Gasteiger partial charge in [-0.2, -0.15) is 8.42 Å². The normalized spacial score (nSPS) is 19.5.